The molecule has 0 bridgehead atoms. The minimum Gasteiger partial charge on any atom is -0.256 e. The highest BCUT2D eigenvalue weighted by Gasteiger charge is 2.06. The minimum atomic E-state index is -0.227. The molecule has 0 aliphatic rings. The van der Waals surface area contributed by atoms with Crippen LogP contribution in [0, 0.1) is 5.82 Å². The summed E-state index contributed by atoms with van der Waals surface area (Å²) in [7, 11) is 0. The Balaban J connectivity index is 3.01. The molecule has 0 spiro atoms. The highest BCUT2D eigenvalue weighted by Crippen LogP contribution is 2.17. The molecule has 0 unspecified atom stereocenters. The third kappa shape index (κ3) is 1.16. The van der Waals surface area contributed by atoms with Crippen LogP contribution in [0.3, 0.4) is 0 Å². The Kier molecular flexibility index (Phi) is 2.32. The Morgan fingerprint density at radius 3 is 2.90 bits per heavy atom. The molecule has 0 radical (unpaired) electrons. The Morgan fingerprint density at radius 1 is 1.80 bits per heavy atom. The van der Waals surface area contributed by atoms with Crippen LogP contribution in [0.25, 0.3) is 0 Å². The van der Waals surface area contributed by atoms with Crippen LogP contribution in [0.4, 0.5) is 4.39 Å². The second-order valence-electron chi connectivity index (χ2n) is 1.82. The topological polar surface area (TPSA) is 17.8 Å². The second-order valence-corrected chi connectivity index (χ2v) is 2.61. The lowest BCUT2D eigenvalue weighted by Crippen LogP contribution is -1.97. The maximum absolute atomic E-state index is 12.7. The zero-order valence-electron chi connectivity index (χ0n) is 5.97. The first-order chi connectivity index (χ1) is 4.79. The second kappa shape index (κ2) is 3.05. The van der Waals surface area contributed by atoms with E-state index >= 15 is 0 Å². The Hall–Kier alpha value is -0.510. The number of hydrogen-bond donors (Lipinski definition) is 0. The maximum atomic E-state index is 12.7. The molecule has 0 amide bonds. The monoisotopic (exact) mass is 160 g/mol. The fourth-order valence-electron chi connectivity index (χ4n) is 0.779. The molecule has 1 aromatic rings. The van der Waals surface area contributed by atoms with E-state index in [1.165, 1.54) is 18.0 Å². The number of aromatic nitrogens is 2. The van der Waals surface area contributed by atoms with Crippen LogP contribution in [0.1, 0.15) is 6.92 Å². The van der Waals surface area contributed by atoms with Crippen LogP contribution in [0.2, 0.25) is 0 Å². The molecule has 4 heteroatoms. The number of thioether (sulfide) groups is 1. The highest BCUT2D eigenvalue weighted by molar-refractivity contribution is 7.98. The molecule has 10 heavy (non-hydrogen) atoms. The molecule has 0 aliphatic heterocycles. The minimum absolute atomic E-state index is 0.227. The van der Waals surface area contributed by atoms with Crippen molar-refractivity contribution in [2.45, 2.75) is 18.5 Å². The maximum Gasteiger partial charge on any atom is 0.174 e. The van der Waals surface area contributed by atoms with E-state index in [0.717, 1.165) is 6.54 Å². The molecule has 56 valence electrons. The average molecular weight is 160 g/mol. The van der Waals surface area contributed by atoms with Crippen molar-refractivity contribution in [1.29, 1.82) is 0 Å². The summed E-state index contributed by atoms with van der Waals surface area (Å²) in [5.74, 6) is -0.227. The number of aryl methyl sites for hydroxylation is 1. The van der Waals surface area contributed by atoms with Gasteiger partial charge in [-0.3, -0.25) is 4.68 Å². The summed E-state index contributed by atoms with van der Waals surface area (Å²) in [6, 6.07) is 0. The van der Waals surface area contributed by atoms with Crippen LogP contribution in [0.15, 0.2) is 11.2 Å². The third-order valence-electron chi connectivity index (χ3n) is 1.24. The van der Waals surface area contributed by atoms with E-state index in [1.54, 1.807) is 4.68 Å². The molecule has 0 saturated carbocycles. The van der Waals surface area contributed by atoms with E-state index in [-0.39, 0.29) is 5.82 Å². The van der Waals surface area contributed by atoms with E-state index in [4.69, 9.17) is 0 Å². The first-order valence-corrected chi connectivity index (χ1v) is 4.27. The Labute approximate surface area is 63.4 Å². The van der Waals surface area contributed by atoms with Gasteiger partial charge in [0.15, 0.2) is 5.82 Å². The number of halogens is 1. The highest BCUT2D eigenvalue weighted by atomic mass is 32.2. The van der Waals surface area contributed by atoms with Crippen molar-refractivity contribution in [1.82, 2.24) is 9.78 Å². The van der Waals surface area contributed by atoms with Crippen molar-refractivity contribution >= 4 is 11.8 Å². The summed E-state index contributed by atoms with van der Waals surface area (Å²) in [4.78, 5) is 0. The van der Waals surface area contributed by atoms with Crippen LogP contribution in [0.5, 0.6) is 0 Å². The lowest BCUT2D eigenvalue weighted by Gasteiger charge is -1.98. The van der Waals surface area contributed by atoms with Gasteiger partial charge in [0.05, 0.1) is 6.20 Å². The first-order valence-electron chi connectivity index (χ1n) is 3.05. The largest absolute Gasteiger partial charge is 0.256 e. The predicted molar refractivity (Wildman–Crippen MR) is 39.6 cm³/mol. The van der Waals surface area contributed by atoms with Gasteiger partial charge in [-0.2, -0.15) is 5.10 Å². The van der Waals surface area contributed by atoms with Gasteiger partial charge in [-0.25, -0.2) is 4.39 Å². The van der Waals surface area contributed by atoms with E-state index in [1.807, 2.05) is 13.2 Å². The molecule has 1 rings (SSSR count). The van der Waals surface area contributed by atoms with E-state index in [0.29, 0.717) is 5.03 Å². The van der Waals surface area contributed by atoms with Gasteiger partial charge >= 0.3 is 0 Å². The van der Waals surface area contributed by atoms with Crippen molar-refractivity contribution in [3.8, 4) is 0 Å². The van der Waals surface area contributed by atoms with Crippen LogP contribution in [-0.4, -0.2) is 16.0 Å². The van der Waals surface area contributed by atoms with Crippen molar-refractivity contribution in [2.24, 2.45) is 0 Å². The van der Waals surface area contributed by atoms with Crippen molar-refractivity contribution in [2.75, 3.05) is 6.26 Å². The molecule has 0 atom stereocenters. The summed E-state index contributed by atoms with van der Waals surface area (Å²) in [5.41, 5.74) is 0. The molecule has 0 aliphatic carbocycles. The molecule has 0 saturated heterocycles. The standard InChI is InChI=1S/C6H9FN2S/c1-3-9-6(10-2)5(7)4-8-9/h4H,3H2,1-2H3. The van der Waals surface area contributed by atoms with Gasteiger partial charge in [-0.05, 0) is 13.2 Å². The smallest absolute Gasteiger partial charge is 0.174 e. The summed E-state index contributed by atoms with van der Waals surface area (Å²) < 4.78 is 14.3. The molecular weight excluding hydrogens is 151 g/mol. The SMILES string of the molecule is CCn1ncc(F)c1SC. The number of nitrogens with zero attached hydrogens (tertiary/aromatic N) is 2. The normalized spacial score (nSPS) is 10.3. The fourth-order valence-corrected chi connectivity index (χ4v) is 1.41. The van der Waals surface area contributed by atoms with E-state index in [2.05, 4.69) is 5.10 Å². The Bertz CT molecular complexity index is 222. The summed E-state index contributed by atoms with van der Waals surface area (Å²) >= 11 is 1.38. The average Bonchev–Trinajstić information content (AvgIpc) is 2.30. The van der Waals surface area contributed by atoms with Crippen LogP contribution >= 0.6 is 11.8 Å². The zero-order valence-corrected chi connectivity index (χ0v) is 6.78. The zero-order chi connectivity index (χ0) is 7.56. The van der Waals surface area contributed by atoms with Gasteiger partial charge in [-0.15, -0.1) is 11.8 Å². The molecular formula is C6H9FN2S. The molecule has 0 fully saturated rings. The fraction of sp³-hybridized carbons (Fsp3) is 0.500. The molecule has 1 heterocycles. The third-order valence-corrected chi connectivity index (χ3v) is 2.03. The van der Waals surface area contributed by atoms with Gasteiger partial charge in [-0.1, -0.05) is 0 Å². The lowest BCUT2D eigenvalue weighted by molar-refractivity contribution is 0.552. The quantitative estimate of drug-likeness (QED) is 0.613. The summed E-state index contributed by atoms with van der Waals surface area (Å²) in [5, 5.41) is 4.44. The van der Waals surface area contributed by atoms with Gasteiger partial charge in [0, 0.05) is 6.54 Å². The van der Waals surface area contributed by atoms with Gasteiger partial charge in [0.1, 0.15) is 5.03 Å². The van der Waals surface area contributed by atoms with Gasteiger partial charge in [0.25, 0.3) is 0 Å². The van der Waals surface area contributed by atoms with Crippen LogP contribution < -0.4 is 0 Å². The van der Waals surface area contributed by atoms with E-state index < -0.39 is 0 Å². The van der Waals surface area contributed by atoms with Crippen LogP contribution in [-0.2, 0) is 6.54 Å². The number of rotatable bonds is 2. The van der Waals surface area contributed by atoms with Gasteiger partial charge in [0.2, 0.25) is 0 Å². The van der Waals surface area contributed by atoms with Crippen molar-refractivity contribution in [3.63, 3.8) is 0 Å². The molecule has 1 aromatic heterocycles. The Morgan fingerprint density at radius 2 is 2.50 bits per heavy atom. The molecule has 0 aromatic carbocycles. The number of hydrogen-bond acceptors (Lipinski definition) is 2. The molecule has 0 N–H and O–H groups in total. The molecule has 2 nitrogen and oxygen atoms in total. The van der Waals surface area contributed by atoms with Crippen molar-refractivity contribution in [3.05, 3.63) is 12.0 Å². The summed E-state index contributed by atoms with van der Waals surface area (Å²) in [6.45, 7) is 2.66. The van der Waals surface area contributed by atoms with Gasteiger partial charge < -0.3 is 0 Å². The van der Waals surface area contributed by atoms with Crippen molar-refractivity contribution < 1.29 is 4.39 Å². The first kappa shape index (κ1) is 7.60. The summed E-state index contributed by atoms with van der Waals surface area (Å²) in [6.07, 6.45) is 3.08. The lowest BCUT2D eigenvalue weighted by atomic mass is 10.7. The predicted octanol–water partition coefficient (Wildman–Crippen LogP) is 1.76. The van der Waals surface area contributed by atoms with E-state index in [9.17, 15) is 4.39 Å².